The van der Waals surface area contributed by atoms with Crippen LogP contribution in [0, 0.1) is 5.82 Å². The molecule has 0 unspecified atom stereocenters. The Morgan fingerprint density at radius 1 is 1.31 bits per heavy atom. The quantitative estimate of drug-likeness (QED) is 0.479. The lowest BCUT2D eigenvalue weighted by molar-refractivity contribution is -0.115. The Labute approximate surface area is 178 Å². The number of hydrogen-bond acceptors (Lipinski definition) is 5. The second-order valence-electron chi connectivity index (χ2n) is 6.29. The number of thiazole rings is 1. The van der Waals surface area contributed by atoms with Crippen LogP contribution < -0.4 is 9.64 Å². The van der Waals surface area contributed by atoms with Gasteiger partial charge in [0.2, 0.25) is 5.91 Å². The Kier molecular flexibility index (Phi) is 5.29. The summed E-state index contributed by atoms with van der Waals surface area (Å²) in [4.78, 5) is 30.6. The second kappa shape index (κ2) is 7.88. The fraction of sp³-hybridized carbons (Fsp3) is 0.0952. The van der Waals surface area contributed by atoms with E-state index in [1.807, 2.05) is 6.07 Å². The molecule has 0 radical (unpaired) electrons. The highest BCUT2D eigenvalue weighted by atomic mass is 79.9. The number of hydrogen-bond donors (Lipinski definition) is 0. The molecule has 29 heavy (non-hydrogen) atoms. The fourth-order valence-corrected chi connectivity index (χ4v) is 4.17. The molecule has 1 aliphatic heterocycles. The molecule has 0 atom stereocenters. The normalized spacial score (nSPS) is 14.4. The molecule has 1 amide bonds. The number of para-hydroxylation sites is 1. The van der Waals surface area contributed by atoms with Crippen molar-refractivity contribution < 1.29 is 18.7 Å². The van der Waals surface area contributed by atoms with Crippen LogP contribution in [0.3, 0.4) is 0 Å². The maximum atomic E-state index is 14.2. The molecule has 8 heteroatoms. The molecule has 5 nitrogen and oxygen atoms in total. The third-order valence-electron chi connectivity index (χ3n) is 4.29. The van der Waals surface area contributed by atoms with Crippen LogP contribution in [0.1, 0.15) is 23.0 Å². The van der Waals surface area contributed by atoms with Gasteiger partial charge in [-0.15, -0.1) is 11.3 Å². The van der Waals surface area contributed by atoms with Gasteiger partial charge in [0, 0.05) is 22.3 Å². The lowest BCUT2D eigenvalue weighted by Gasteiger charge is -2.19. The van der Waals surface area contributed by atoms with Crippen LogP contribution in [0.25, 0.3) is 6.08 Å². The molecule has 0 spiro atoms. The molecule has 146 valence electrons. The maximum Gasteiger partial charge on any atom is 0.230 e. The maximum absolute atomic E-state index is 14.2. The van der Waals surface area contributed by atoms with Crippen molar-refractivity contribution in [3.8, 4) is 5.75 Å². The number of rotatable bonds is 3. The Morgan fingerprint density at radius 3 is 2.86 bits per heavy atom. The first-order valence-corrected chi connectivity index (χ1v) is 10.3. The van der Waals surface area contributed by atoms with Gasteiger partial charge < -0.3 is 4.74 Å². The second-order valence-corrected chi connectivity index (χ2v) is 8.04. The van der Waals surface area contributed by atoms with Crippen molar-refractivity contribution in [2.24, 2.45) is 0 Å². The molecule has 0 aliphatic carbocycles. The highest BCUT2D eigenvalue weighted by Crippen LogP contribution is 2.33. The average Bonchev–Trinajstić information content (AvgIpc) is 3.14. The summed E-state index contributed by atoms with van der Waals surface area (Å²) < 4.78 is 20.6. The highest BCUT2D eigenvalue weighted by molar-refractivity contribution is 9.10. The molecule has 1 aromatic heterocycles. The van der Waals surface area contributed by atoms with E-state index >= 15 is 0 Å². The molecule has 1 aliphatic rings. The van der Waals surface area contributed by atoms with E-state index in [-0.39, 0.29) is 24.0 Å². The lowest BCUT2D eigenvalue weighted by Crippen LogP contribution is -2.23. The number of carbonyl (C=O) groups is 2. The minimum absolute atomic E-state index is 0.129. The highest BCUT2D eigenvalue weighted by Gasteiger charge is 2.25. The lowest BCUT2D eigenvalue weighted by atomic mass is 10.00. The van der Waals surface area contributed by atoms with Crippen LogP contribution in [0.4, 0.5) is 15.2 Å². The largest absolute Gasteiger partial charge is 0.488 e. The summed E-state index contributed by atoms with van der Waals surface area (Å²) in [5.41, 5.74) is 1.55. The van der Waals surface area contributed by atoms with Crippen molar-refractivity contribution in [2.75, 3.05) is 11.5 Å². The van der Waals surface area contributed by atoms with Gasteiger partial charge >= 0.3 is 0 Å². The van der Waals surface area contributed by atoms with E-state index in [0.29, 0.717) is 27.7 Å². The van der Waals surface area contributed by atoms with Crippen LogP contribution in [-0.2, 0) is 4.79 Å². The van der Waals surface area contributed by atoms with Gasteiger partial charge in [0.1, 0.15) is 18.2 Å². The number of benzene rings is 2. The zero-order chi connectivity index (χ0) is 20.5. The topological polar surface area (TPSA) is 59.5 Å². The zero-order valence-corrected chi connectivity index (χ0v) is 17.6. The summed E-state index contributed by atoms with van der Waals surface area (Å²) in [6.45, 7) is 1.48. The Morgan fingerprint density at radius 2 is 2.10 bits per heavy atom. The Hall–Kier alpha value is -2.84. The smallest absolute Gasteiger partial charge is 0.230 e. The number of amides is 1. The van der Waals surface area contributed by atoms with Crippen molar-refractivity contribution in [3.05, 3.63) is 75.0 Å². The molecule has 0 N–H and O–H groups in total. The number of halogens is 2. The number of anilines is 2. The first-order valence-electron chi connectivity index (χ1n) is 8.62. The Balaban J connectivity index is 1.66. The van der Waals surface area contributed by atoms with E-state index in [4.69, 9.17) is 4.74 Å². The first-order chi connectivity index (χ1) is 13.9. The minimum Gasteiger partial charge on any atom is -0.488 e. The van der Waals surface area contributed by atoms with Gasteiger partial charge in [-0.3, -0.25) is 14.5 Å². The van der Waals surface area contributed by atoms with Gasteiger partial charge in [-0.05, 0) is 36.4 Å². The van der Waals surface area contributed by atoms with Crippen molar-refractivity contribution in [3.63, 3.8) is 0 Å². The van der Waals surface area contributed by atoms with E-state index in [1.165, 1.54) is 35.3 Å². The molecule has 0 saturated carbocycles. The molecule has 0 bridgehead atoms. The summed E-state index contributed by atoms with van der Waals surface area (Å²) in [6.07, 6.45) is 1.63. The molecule has 2 heterocycles. The Bertz CT molecular complexity index is 1160. The molecular weight excluding hydrogens is 459 g/mol. The number of ether oxygens (including phenoxy) is 1. The summed E-state index contributed by atoms with van der Waals surface area (Å²) in [7, 11) is 0. The van der Waals surface area contributed by atoms with E-state index in [2.05, 4.69) is 20.9 Å². The number of aromatic nitrogens is 1. The average molecular weight is 473 g/mol. The molecular formula is C21H14BrFN2O3S. The van der Waals surface area contributed by atoms with E-state index in [0.717, 1.165) is 4.47 Å². The number of Topliss-reactive ketones (excluding diaryl/α,β-unsaturated/α-hetero) is 1. The summed E-state index contributed by atoms with van der Waals surface area (Å²) >= 11 is 4.55. The van der Waals surface area contributed by atoms with Crippen LogP contribution >= 0.6 is 27.3 Å². The predicted octanol–water partition coefficient (Wildman–Crippen LogP) is 5.39. The standard InChI is InChI=1S/C21H14BrFN2O3S/c1-12(26)25(18-5-3-2-4-17(18)23)21-24-15(11-29-21)8-13-10-28-19-7-6-14(22)9-16(19)20(13)27/h2-9,11H,10H2,1H3. The van der Waals surface area contributed by atoms with Crippen molar-refractivity contribution in [1.29, 1.82) is 0 Å². The summed E-state index contributed by atoms with van der Waals surface area (Å²) in [5, 5.41) is 2.03. The number of ketones is 1. The van der Waals surface area contributed by atoms with Gasteiger partial charge in [-0.1, -0.05) is 28.1 Å². The molecule has 0 fully saturated rings. The SMILES string of the molecule is CC(=O)N(c1nc(C=C2COc3ccc(Br)cc3C2=O)cs1)c1ccccc1F. The molecule has 3 aromatic rings. The van der Waals surface area contributed by atoms with Crippen LogP contribution in [0.2, 0.25) is 0 Å². The van der Waals surface area contributed by atoms with Crippen LogP contribution in [0.5, 0.6) is 5.75 Å². The van der Waals surface area contributed by atoms with Gasteiger partial charge in [-0.2, -0.15) is 0 Å². The van der Waals surface area contributed by atoms with Gasteiger partial charge in [0.05, 0.1) is 16.9 Å². The first kappa shape index (κ1) is 19.5. The third-order valence-corrected chi connectivity index (χ3v) is 5.63. The summed E-state index contributed by atoms with van der Waals surface area (Å²) in [6, 6.07) is 11.3. The number of carbonyl (C=O) groups excluding carboxylic acids is 2. The molecule has 4 rings (SSSR count). The van der Waals surface area contributed by atoms with Crippen molar-refractivity contribution >= 4 is 55.9 Å². The predicted molar refractivity (Wildman–Crippen MR) is 113 cm³/mol. The van der Waals surface area contributed by atoms with E-state index in [1.54, 1.807) is 35.7 Å². The monoisotopic (exact) mass is 472 g/mol. The number of fused-ring (bicyclic) bond motifs is 1. The van der Waals surface area contributed by atoms with Gasteiger partial charge in [0.15, 0.2) is 10.9 Å². The van der Waals surface area contributed by atoms with Gasteiger partial charge in [0.25, 0.3) is 0 Å². The van der Waals surface area contributed by atoms with Crippen molar-refractivity contribution in [1.82, 2.24) is 4.98 Å². The summed E-state index contributed by atoms with van der Waals surface area (Å²) in [5.74, 6) is -0.480. The van der Waals surface area contributed by atoms with Gasteiger partial charge in [-0.25, -0.2) is 9.37 Å². The number of nitrogens with zero attached hydrogens (tertiary/aromatic N) is 2. The van der Waals surface area contributed by atoms with Crippen LogP contribution in [0.15, 0.2) is 57.9 Å². The molecule has 0 saturated heterocycles. The van der Waals surface area contributed by atoms with Crippen LogP contribution in [-0.4, -0.2) is 23.3 Å². The molecule has 2 aromatic carbocycles. The third kappa shape index (κ3) is 3.86. The fourth-order valence-electron chi connectivity index (χ4n) is 2.97. The zero-order valence-electron chi connectivity index (χ0n) is 15.2. The minimum atomic E-state index is -0.518. The van der Waals surface area contributed by atoms with Crippen molar-refractivity contribution in [2.45, 2.75) is 6.92 Å². The van der Waals surface area contributed by atoms with E-state index in [9.17, 15) is 14.0 Å². The van der Waals surface area contributed by atoms with E-state index < -0.39 is 5.82 Å².